The number of carbonyl (C=O) groups is 1. The average molecular weight is 435 g/mol. The van der Waals surface area contributed by atoms with Gasteiger partial charge in [-0.25, -0.2) is 4.39 Å². The normalized spacial score (nSPS) is 14.8. The zero-order valence-electron chi connectivity index (χ0n) is 18.1. The fourth-order valence-corrected chi connectivity index (χ4v) is 4.19. The summed E-state index contributed by atoms with van der Waals surface area (Å²) in [6.45, 7) is 2.27. The number of piperidine rings is 1. The first kappa shape index (κ1) is 21.8. The molecule has 3 aromatic carbocycles. The van der Waals surface area contributed by atoms with E-state index >= 15 is 0 Å². The number of phenols is 1. The van der Waals surface area contributed by atoms with Crippen molar-refractivity contribution in [2.24, 2.45) is 0 Å². The Labute approximate surface area is 187 Å². The van der Waals surface area contributed by atoms with Crippen molar-refractivity contribution in [2.45, 2.75) is 25.4 Å². The molecular weight excluding hydrogens is 407 g/mol. The van der Waals surface area contributed by atoms with Gasteiger partial charge in [0.15, 0.2) is 0 Å². The van der Waals surface area contributed by atoms with Crippen molar-refractivity contribution in [1.82, 2.24) is 4.90 Å². The Bertz CT molecular complexity index is 1050. The summed E-state index contributed by atoms with van der Waals surface area (Å²) < 4.78 is 18.7. The molecule has 1 aliphatic rings. The highest BCUT2D eigenvalue weighted by molar-refractivity contribution is 6.06. The van der Waals surface area contributed by atoms with Crippen LogP contribution in [0.5, 0.6) is 11.5 Å². The summed E-state index contributed by atoms with van der Waals surface area (Å²) in [7, 11) is 1.59. The molecule has 6 heteroatoms. The molecule has 5 nitrogen and oxygen atoms in total. The average Bonchev–Trinajstić information content (AvgIpc) is 2.83. The van der Waals surface area contributed by atoms with E-state index in [9.17, 15) is 14.3 Å². The smallest absolute Gasteiger partial charge is 0.258 e. The number of aromatic hydroxyl groups is 1. The van der Waals surface area contributed by atoms with Gasteiger partial charge in [-0.2, -0.15) is 0 Å². The predicted molar refractivity (Wildman–Crippen MR) is 123 cm³/mol. The second kappa shape index (κ2) is 9.83. The Hall–Kier alpha value is -3.38. The van der Waals surface area contributed by atoms with E-state index in [1.54, 1.807) is 54.5 Å². The van der Waals surface area contributed by atoms with Gasteiger partial charge in [-0.3, -0.25) is 9.69 Å². The molecule has 1 N–H and O–H groups in total. The maximum Gasteiger partial charge on any atom is 0.258 e. The van der Waals surface area contributed by atoms with Crippen LogP contribution in [-0.4, -0.2) is 42.2 Å². The lowest BCUT2D eigenvalue weighted by Gasteiger charge is -2.38. The molecular formula is C26H27FN2O3. The van der Waals surface area contributed by atoms with Crippen LogP contribution in [0.25, 0.3) is 0 Å². The molecule has 0 unspecified atom stereocenters. The Morgan fingerprint density at radius 3 is 2.31 bits per heavy atom. The summed E-state index contributed by atoms with van der Waals surface area (Å²) in [5.41, 5.74) is 2.15. The number of ether oxygens (including phenoxy) is 1. The molecule has 0 bridgehead atoms. The number of nitrogens with zero attached hydrogens (tertiary/aromatic N) is 2. The number of likely N-dealkylation sites (tertiary alicyclic amines) is 1. The number of rotatable bonds is 6. The highest BCUT2D eigenvalue weighted by atomic mass is 19.1. The van der Waals surface area contributed by atoms with Crippen molar-refractivity contribution in [2.75, 3.05) is 25.1 Å². The van der Waals surface area contributed by atoms with Crippen LogP contribution in [0.3, 0.4) is 0 Å². The van der Waals surface area contributed by atoms with Gasteiger partial charge in [0.05, 0.1) is 7.11 Å². The number of anilines is 1. The third-order valence-electron chi connectivity index (χ3n) is 5.97. The molecule has 1 saturated heterocycles. The van der Waals surface area contributed by atoms with E-state index in [1.165, 1.54) is 12.1 Å². The number of hydrogen-bond donors (Lipinski definition) is 1. The Morgan fingerprint density at radius 2 is 1.69 bits per heavy atom. The molecule has 1 heterocycles. The lowest BCUT2D eigenvalue weighted by atomic mass is 10.00. The Kier molecular flexibility index (Phi) is 6.71. The molecule has 0 saturated carbocycles. The van der Waals surface area contributed by atoms with Gasteiger partial charge in [-0.15, -0.1) is 0 Å². The van der Waals surface area contributed by atoms with E-state index < -0.39 is 0 Å². The summed E-state index contributed by atoms with van der Waals surface area (Å²) in [5, 5.41) is 10.1. The Morgan fingerprint density at radius 1 is 1.03 bits per heavy atom. The number of amides is 1. The van der Waals surface area contributed by atoms with Crippen LogP contribution >= 0.6 is 0 Å². The number of hydrogen-bond acceptors (Lipinski definition) is 4. The van der Waals surface area contributed by atoms with Crippen LogP contribution in [-0.2, 0) is 6.54 Å². The number of carbonyl (C=O) groups excluding carboxylic acids is 1. The molecule has 0 atom stereocenters. The van der Waals surface area contributed by atoms with Gasteiger partial charge < -0.3 is 14.7 Å². The summed E-state index contributed by atoms with van der Waals surface area (Å²) in [4.78, 5) is 17.6. The maximum absolute atomic E-state index is 13.5. The third-order valence-corrected chi connectivity index (χ3v) is 5.97. The van der Waals surface area contributed by atoms with Crippen molar-refractivity contribution in [1.29, 1.82) is 0 Å². The van der Waals surface area contributed by atoms with Gasteiger partial charge in [0, 0.05) is 42.5 Å². The second-order valence-corrected chi connectivity index (χ2v) is 8.02. The molecule has 1 amide bonds. The molecule has 0 radical (unpaired) electrons. The molecule has 3 aromatic rings. The second-order valence-electron chi connectivity index (χ2n) is 8.02. The standard InChI is InChI=1S/C26H27FN2O3/c1-32-24-12-6-19(7-13-24)26(31)29(22-10-8-21(27)9-11-22)23-14-16-28(17-15-23)18-20-4-2-3-5-25(20)30/h2-13,23,30H,14-18H2,1H3. The summed E-state index contributed by atoms with van der Waals surface area (Å²) in [6, 6.07) is 20.5. The van der Waals surface area contributed by atoms with Crippen molar-refractivity contribution in [3.8, 4) is 11.5 Å². The zero-order valence-corrected chi connectivity index (χ0v) is 18.1. The van der Waals surface area contributed by atoms with Crippen molar-refractivity contribution in [3.63, 3.8) is 0 Å². The lowest BCUT2D eigenvalue weighted by molar-refractivity contribution is 0.0958. The maximum atomic E-state index is 13.5. The van der Waals surface area contributed by atoms with Gasteiger partial charge in [0.2, 0.25) is 0 Å². The van der Waals surface area contributed by atoms with Crippen LogP contribution in [0.1, 0.15) is 28.8 Å². The fourth-order valence-electron chi connectivity index (χ4n) is 4.19. The lowest BCUT2D eigenvalue weighted by Crippen LogP contribution is -2.47. The van der Waals surface area contributed by atoms with Gasteiger partial charge in [0.1, 0.15) is 17.3 Å². The predicted octanol–water partition coefficient (Wildman–Crippen LogP) is 4.85. The highest BCUT2D eigenvalue weighted by Gasteiger charge is 2.30. The minimum Gasteiger partial charge on any atom is -0.508 e. The SMILES string of the molecule is COc1ccc(C(=O)N(c2ccc(F)cc2)C2CCN(Cc3ccccc3O)CC2)cc1. The highest BCUT2D eigenvalue weighted by Crippen LogP contribution is 2.28. The van der Waals surface area contributed by atoms with Crippen LogP contribution in [0.4, 0.5) is 10.1 Å². The summed E-state index contributed by atoms with van der Waals surface area (Å²) in [5.74, 6) is 0.547. The van der Waals surface area contributed by atoms with Gasteiger partial charge in [0.25, 0.3) is 5.91 Å². The molecule has 0 aliphatic carbocycles. The largest absolute Gasteiger partial charge is 0.508 e. The monoisotopic (exact) mass is 434 g/mol. The van der Waals surface area contributed by atoms with Crippen LogP contribution in [0, 0.1) is 5.82 Å². The van der Waals surface area contributed by atoms with Gasteiger partial charge in [-0.05, 0) is 67.4 Å². The van der Waals surface area contributed by atoms with Gasteiger partial charge in [-0.1, -0.05) is 18.2 Å². The van der Waals surface area contributed by atoms with E-state index in [0.29, 0.717) is 29.3 Å². The van der Waals surface area contributed by atoms with E-state index in [4.69, 9.17) is 4.74 Å². The Balaban J connectivity index is 1.52. The van der Waals surface area contributed by atoms with Crippen molar-refractivity contribution >= 4 is 11.6 Å². The molecule has 166 valence electrons. The molecule has 1 fully saturated rings. The number of halogens is 1. The third kappa shape index (κ3) is 4.92. The van der Waals surface area contributed by atoms with E-state index in [2.05, 4.69) is 4.90 Å². The molecule has 1 aliphatic heterocycles. The van der Waals surface area contributed by atoms with Crippen LogP contribution < -0.4 is 9.64 Å². The molecule has 32 heavy (non-hydrogen) atoms. The van der Waals surface area contributed by atoms with Crippen molar-refractivity contribution < 1.29 is 19.0 Å². The first-order chi connectivity index (χ1) is 15.5. The zero-order chi connectivity index (χ0) is 22.5. The summed E-state index contributed by atoms with van der Waals surface area (Å²) >= 11 is 0. The molecule has 4 rings (SSSR count). The number of benzene rings is 3. The molecule has 0 aromatic heterocycles. The van der Waals surface area contributed by atoms with Crippen LogP contribution in [0.2, 0.25) is 0 Å². The number of phenolic OH excluding ortho intramolecular Hbond substituents is 1. The number of methoxy groups -OCH3 is 1. The fraction of sp³-hybridized carbons (Fsp3) is 0.269. The van der Waals surface area contributed by atoms with Crippen LogP contribution in [0.15, 0.2) is 72.8 Å². The quantitative estimate of drug-likeness (QED) is 0.603. The van der Waals surface area contributed by atoms with E-state index in [0.717, 1.165) is 31.5 Å². The van der Waals surface area contributed by atoms with E-state index in [1.807, 2.05) is 18.2 Å². The van der Waals surface area contributed by atoms with Crippen molar-refractivity contribution in [3.05, 3.63) is 89.7 Å². The first-order valence-electron chi connectivity index (χ1n) is 10.8. The summed E-state index contributed by atoms with van der Waals surface area (Å²) in [6.07, 6.45) is 1.57. The van der Waals surface area contributed by atoms with Gasteiger partial charge >= 0.3 is 0 Å². The minimum atomic E-state index is -0.330. The molecule has 0 spiro atoms. The topological polar surface area (TPSA) is 53.0 Å². The number of para-hydroxylation sites is 1. The first-order valence-corrected chi connectivity index (χ1v) is 10.8. The van der Waals surface area contributed by atoms with E-state index in [-0.39, 0.29) is 17.8 Å². The minimum absolute atomic E-state index is 0.00400.